The van der Waals surface area contributed by atoms with E-state index in [4.69, 9.17) is 0 Å². The molecule has 6 heteroatoms. The first-order chi connectivity index (χ1) is 12.6. The van der Waals surface area contributed by atoms with Crippen LogP contribution < -0.4 is 0 Å². The van der Waals surface area contributed by atoms with E-state index in [1.807, 2.05) is 0 Å². The van der Waals surface area contributed by atoms with E-state index >= 15 is 0 Å². The second-order valence-electron chi connectivity index (χ2n) is 7.17. The van der Waals surface area contributed by atoms with Crippen molar-refractivity contribution >= 4 is 11.7 Å². The van der Waals surface area contributed by atoms with E-state index in [1.165, 1.54) is 12.1 Å². The van der Waals surface area contributed by atoms with Crippen LogP contribution in [-0.2, 0) is 12.8 Å². The fraction of sp³-hybridized carbons (Fsp3) is 0.450. The van der Waals surface area contributed by atoms with E-state index < -0.39 is 5.82 Å². The Morgan fingerprint density at radius 3 is 2.81 bits per heavy atom. The van der Waals surface area contributed by atoms with Gasteiger partial charge in [0, 0.05) is 30.3 Å². The number of likely N-dealkylation sites (tertiary alicyclic amines) is 1. The maximum atomic E-state index is 13.9. The van der Waals surface area contributed by atoms with Crippen LogP contribution in [0.5, 0.6) is 0 Å². The van der Waals surface area contributed by atoms with Crippen LogP contribution in [0.2, 0.25) is 0 Å². The number of carbonyl (C=O) groups excluding carboxylic acids is 2. The number of hydrogen-bond donors (Lipinski definition) is 1. The van der Waals surface area contributed by atoms with Crippen molar-refractivity contribution in [3.8, 4) is 0 Å². The van der Waals surface area contributed by atoms with Crippen LogP contribution >= 0.6 is 0 Å². The van der Waals surface area contributed by atoms with Crippen molar-refractivity contribution in [2.24, 2.45) is 5.92 Å². The van der Waals surface area contributed by atoms with Crippen molar-refractivity contribution in [3.05, 3.63) is 52.6 Å². The minimum atomic E-state index is -0.498. The van der Waals surface area contributed by atoms with Gasteiger partial charge in [-0.3, -0.25) is 14.7 Å². The van der Waals surface area contributed by atoms with Gasteiger partial charge < -0.3 is 4.90 Å². The van der Waals surface area contributed by atoms with Gasteiger partial charge in [-0.1, -0.05) is 12.1 Å². The quantitative estimate of drug-likeness (QED) is 0.860. The first kappa shape index (κ1) is 16.9. The third-order valence-electron chi connectivity index (χ3n) is 5.48. The number of ketones is 1. The monoisotopic (exact) mass is 355 g/mol. The minimum Gasteiger partial charge on any atom is -0.337 e. The molecule has 0 saturated carbocycles. The van der Waals surface area contributed by atoms with E-state index in [0.717, 1.165) is 43.4 Å². The van der Waals surface area contributed by atoms with Crippen molar-refractivity contribution in [2.45, 2.75) is 38.5 Å². The molecule has 0 spiro atoms. The average molecular weight is 355 g/mol. The number of aromatic amines is 1. The number of hydrogen-bond acceptors (Lipinski definition) is 3. The van der Waals surface area contributed by atoms with Crippen molar-refractivity contribution < 1.29 is 14.0 Å². The van der Waals surface area contributed by atoms with E-state index in [2.05, 4.69) is 10.2 Å². The maximum absolute atomic E-state index is 13.9. The number of nitrogens with zero attached hydrogens (tertiary/aromatic N) is 2. The molecule has 1 aromatic carbocycles. The van der Waals surface area contributed by atoms with E-state index in [9.17, 15) is 14.0 Å². The minimum absolute atomic E-state index is 0.115. The lowest BCUT2D eigenvalue weighted by Crippen LogP contribution is -2.43. The standard InChI is InChI=1S/C20H22FN3O2/c21-16-9-3-1-7-14(16)19(25)13-6-5-11-24(12-13)20(26)18-15-8-2-4-10-17(15)22-23-18/h1,3,7,9,13H,2,4-6,8,10-12H2,(H,22,23)/t13-/m1/s1. The van der Waals surface area contributed by atoms with Gasteiger partial charge in [-0.15, -0.1) is 0 Å². The molecule has 1 atom stereocenters. The van der Waals surface area contributed by atoms with Crippen LogP contribution in [0.25, 0.3) is 0 Å². The maximum Gasteiger partial charge on any atom is 0.274 e. The van der Waals surface area contributed by atoms with Crippen LogP contribution in [0.4, 0.5) is 4.39 Å². The largest absolute Gasteiger partial charge is 0.337 e. The number of nitrogens with one attached hydrogen (secondary N) is 1. The molecule has 136 valence electrons. The highest BCUT2D eigenvalue weighted by molar-refractivity contribution is 5.99. The fourth-order valence-electron chi connectivity index (χ4n) is 4.06. The molecule has 1 saturated heterocycles. The number of Topliss-reactive ketones (excluding diaryl/α,β-unsaturated/α-hetero) is 1. The number of halogens is 1. The van der Waals surface area contributed by atoms with Gasteiger partial charge in [0.2, 0.25) is 0 Å². The topological polar surface area (TPSA) is 66.1 Å². The third-order valence-corrected chi connectivity index (χ3v) is 5.48. The van der Waals surface area contributed by atoms with Crippen molar-refractivity contribution in [1.29, 1.82) is 0 Å². The van der Waals surface area contributed by atoms with Crippen LogP contribution in [0, 0.1) is 11.7 Å². The molecule has 5 nitrogen and oxygen atoms in total. The Kier molecular flexibility index (Phi) is 4.57. The Hall–Kier alpha value is -2.50. The van der Waals surface area contributed by atoms with Crippen molar-refractivity contribution in [3.63, 3.8) is 0 Å². The second kappa shape index (κ2) is 7.02. The summed E-state index contributed by atoms with van der Waals surface area (Å²) < 4.78 is 13.9. The zero-order valence-corrected chi connectivity index (χ0v) is 14.6. The molecule has 0 bridgehead atoms. The normalized spacial score (nSPS) is 19.9. The molecule has 2 aromatic rings. The van der Waals surface area contributed by atoms with Gasteiger partial charge in [-0.05, 0) is 50.7 Å². The molecular weight excluding hydrogens is 333 g/mol. The van der Waals surface area contributed by atoms with Gasteiger partial charge >= 0.3 is 0 Å². The smallest absolute Gasteiger partial charge is 0.274 e. The molecule has 2 aliphatic rings. The third kappa shape index (κ3) is 3.04. The SMILES string of the molecule is O=C(c1ccccc1F)[C@@H]1CCCN(C(=O)c2n[nH]c3c2CCCC3)C1. The number of benzene rings is 1. The average Bonchev–Trinajstić information content (AvgIpc) is 3.11. The summed E-state index contributed by atoms with van der Waals surface area (Å²) in [5, 5.41) is 7.25. The summed E-state index contributed by atoms with van der Waals surface area (Å²) in [5.41, 5.74) is 2.71. The first-order valence-corrected chi connectivity index (χ1v) is 9.29. The van der Waals surface area contributed by atoms with Gasteiger partial charge in [0.1, 0.15) is 5.82 Å². The van der Waals surface area contributed by atoms with Crippen LogP contribution in [0.3, 0.4) is 0 Å². The predicted octanol–water partition coefficient (Wildman–Crippen LogP) is 3.16. The van der Waals surface area contributed by atoms with Crippen LogP contribution in [-0.4, -0.2) is 39.9 Å². The Morgan fingerprint density at radius 1 is 1.15 bits per heavy atom. The Balaban J connectivity index is 1.52. The van der Waals surface area contributed by atoms with E-state index in [-0.39, 0.29) is 23.2 Å². The molecule has 1 N–H and O–H groups in total. The first-order valence-electron chi connectivity index (χ1n) is 9.29. The number of carbonyl (C=O) groups is 2. The lowest BCUT2D eigenvalue weighted by Gasteiger charge is -2.32. The molecule has 1 amide bonds. The molecule has 1 aromatic heterocycles. The molecule has 4 rings (SSSR count). The number of piperidine rings is 1. The van der Waals surface area contributed by atoms with Gasteiger partial charge in [0.25, 0.3) is 5.91 Å². The molecular formula is C20H22FN3O2. The highest BCUT2D eigenvalue weighted by Crippen LogP contribution is 2.26. The molecule has 26 heavy (non-hydrogen) atoms. The summed E-state index contributed by atoms with van der Waals surface area (Å²) >= 11 is 0. The Morgan fingerprint density at radius 2 is 1.96 bits per heavy atom. The van der Waals surface area contributed by atoms with Crippen LogP contribution in [0.1, 0.15) is 57.8 Å². The number of aryl methyl sites for hydroxylation is 1. The van der Waals surface area contributed by atoms with E-state index in [1.54, 1.807) is 17.0 Å². The summed E-state index contributed by atoms with van der Waals surface area (Å²) in [7, 11) is 0. The van der Waals surface area contributed by atoms with Crippen LogP contribution in [0.15, 0.2) is 24.3 Å². The van der Waals surface area contributed by atoms with Gasteiger partial charge in [-0.25, -0.2) is 4.39 Å². The lowest BCUT2D eigenvalue weighted by atomic mass is 9.89. The summed E-state index contributed by atoms with van der Waals surface area (Å²) in [6.07, 6.45) is 5.41. The van der Waals surface area contributed by atoms with Crippen molar-refractivity contribution in [1.82, 2.24) is 15.1 Å². The van der Waals surface area contributed by atoms with E-state index in [0.29, 0.717) is 25.2 Å². The highest BCUT2D eigenvalue weighted by Gasteiger charge is 2.32. The Labute approximate surface area is 151 Å². The second-order valence-corrected chi connectivity index (χ2v) is 7.17. The molecule has 2 heterocycles. The Bertz CT molecular complexity index is 845. The van der Waals surface area contributed by atoms with Gasteiger partial charge in [0.05, 0.1) is 5.56 Å². The molecule has 0 unspecified atom stereocenters. The molecule has 1 aliphatic heterocycles. The predicted molar refractivity (Wildman–Crippen MR) is 94.6 cm³/mol. The summed E-state index contributed by atoms with van der Waals surface area (Å²) in [4.78, 5) is 27.4. The molecule has 1 fully saturated rings. The molecule has 1 aliphatic carbocycles. The van der Waals surface area contributed by atoms with Crippen molar-refractivity contribution in [2.75, 3.05) is 13.1 Å². The number of H-pyrrole nitrogens is 1. The molecule has 0 radical (unpaired) electrons. The zero-order chi connectivity index (χ0) is 18.1. The number of amides is 1. The van der Waals surface area contributed by atoms with Gasteiger partial charge in [0.15, 0.2) is 11.5 Å². The fourth-order valence-corrected chi connectivity index (χ4v) is 4.06. The number of rotatable bonds is 3. The van der Waals surface area contributed by atoms with Gasteiger partial charge in [-0.2, -0.15) is 5.10 Å². The highest BCUT2D eigenvalue weighted by atomic mass is 19.1. The lowest BCUT2D eigenvalue weighted by molar-refractivity contribution is 0.0630. The summed E-state index contributed by atoms with van der Waals surface area (Å²) in [6.45, 7) is 0.940. The number of fused-ring (bicyclic) bond motifs is 1. The summed E-state index contributed by atoms with van der Waals surface area (Å²) in [6, 6.07) is 6.05. The number of aromatic nitrogens is 2. The summed E-state index contributed by atoms with van der Waals surface area (Å²) in [5.74, 6) is -1.19. The zero-order valence-electron chi connectivity index (χ0n) is 14.6.